The summed E-state index contributed by atoms with van der Waals surface area (Å²) in [6, 6.07) is 16.1. The third-order valence-corrected chi connectivity index (χ3v) is 4.21. The molecule has 2 N–H and O–H groups in total. The Morgan fingerprint density at radius 2 is 1.90 bits per heavy atom. The van der Waals surface area contributed by atoms with Crippen LogP contribution in [0.4, 0.5) is 0 Å². The minimum absolute atomic E-state index is 0.0613. The molecule has 0 spiro atoms. The molecule has 1 aliphatic rings. The summed E-state index contributed by atoms with van der Waals surface area (Å²) in [5, 5.41) is 0.726. The number of ether oxygens (including phenoxy) is 1. The second kappa shape index (κ2) is 5.96. The lowest BCUT2D eigenvalue weighted by Crippen LogP contribution is -2.21. The first kappa shape index (κ1) is 13.6. The molecule has 2 aromatic rings. The van der Waals surface area contributed by atoms with E-state index in [4.69, 9.17) is 22.1 Å². The van der Waals surface area contributed by atoms with Gasteiger partial charge in [-0.05, 0) is 35.6 Å². The van der Waals surface area contributed by atoms with E-state index in [-0.39, 0.29) is 12.1 Å². The van der Waals surface area contributed by atoms with Gasteiger partial charge in [0.05, 0.1) is 12.7 Å². The summed E-state index contributed by atoms with van der Waals surface area (Å²) in [5.74, 6) is 0. The van der Waals surface area contributed by atoms with E-state index in [9.17, 15) is 0 Å². The molecule has 1 aliphatic heterocycles. The van der Waals surface area contributed by atoms with Crippen LogP contribution in [0.25, 0.3) is 0 Å². The fourth-order valence-corrected chi connectivity index (χ4v) is 3.08. The van der Waals surface area contributed by atoms with Gasteiger partial charge in [0.1, 0.15) is 0 Å². The summed E-state index contributed by atoms with van der Waals surface area (Å²) < 4.78 is 5.91. The van der Waals surface area contributed by atoms with Crippen LogP contribution in [0.1, 0.15) is 35.3 Å². The predicted octanol–water partition coefficient (Wildman–Crippen LogP) is 4.04. The molecule has 20 heavy (non-hydrogen) atoms. The molecule has 0 fully saturated rings. The zero-order chi connectivity index (χ0) is 13.9. The van der Waals surface area contributed by atoms with Crippen LogP contribution in [0.15, 0.2) is 48.5 Å². The fraction of sp³-hybridized carbons (Fsp3) is 0.294. The van der Waals surface area contributed by atoms with Gasteiger partial charge in [-0.2, -0.15) is 0 Å². The first-order chi connectivity index (χ1) is 9.75. The van der Waals surface area contributed by atoms with Crippen molar-refractivity contribution in [2.75, 3.05) is 6.61 Å². The number of hydrogen-bond acceptors (Lipinski definition) is 2. The molecule has 0 saturated heterocycles. The van der Waals surface area contributed by atoms with Crippen molar-refractivity contribution in [1.82, 2.24) is 0 Å². The van der Waals surface area contributed by atoms with E-state index in [0.717, 1.165) is 30.0 Å². The van der Waals surface area contributed by atoms with Crippen molar-refractivity contribution in [3.05, 3.63) is 70.2 Å². The average molecular weight is 288 g/mol. The van der Waals surface area contributed by atoms with E-state index in [1.807, 2.05) is 24.3 Å². The fourth-order valence-electron chi connectivity index (χ4n) is 2.81. The highest BCUT2D eigenvalue weighted by molar-refractivity contribution is 6.31. The van der Waals surface area contributed by atoms with Gasteiger partial charge in [0.25, 0.3) is 0 Å². The Balaban J connectivity index is 1.81. The monoisotopic (exact) mass is 287 g/mol. The topological polar surface area (TPSA) is 35.2 Å². The van der Waals surface area contributed by atoms with Gasteiger partial charge in [-0.1, -0.05) is 54.1 Å². The van der Waals surface area contributed by atoms with E-state index in [1.165, 1.54) is 11.1 Å². The van der Waals surface area contributed by atoms with Crippen molar-refractivity contribution in [3.63, 3.8) is 0 Å². The Kier molecular flexibility index (Phi) is 4.06. The van der Waals surface area contributed by atoms with Crippen LogP contribution in [0.2, 0.25) is 5.02 Å². The van der Waals surface area contributed by atoms with Crippen LogP contribution in [0.3, 0.4) is 0 Å². The van der Waals surface area contributed by atoms with Crippen LogP contribution in [0.5, 0.6) is 0 Å². The number of hydrogen-bond donors (Lipinski definition) is 1. The van der Waals surface area contributed by atoms with Gasteiger partial charge in [0.15, 0.2) is 0 Å². The van der Waals surface area contributed by atoms with E-state index in [0.29, 0.717) is 0 Å². The standard InChI is InChI=1S/C17H18ClNO/c18-15-8-4-3-7-14(15)16(19)11-17-13-6-2-1-5-12(13)9-10-20-17/h1-8,16-17H,9-11,19H2. The maximum Gasteiger partial charge on any atom is 0.0845 e. The van der Waals surface area contributed by atoms with Crippen LogP contribution in [0, 0.1) is 0 Å². The number of benzene rings is 2. The molecule has 0 aromatic heterocycles. The number of halogens is 1. The average Bonchev–Trinajstić information content (AvgIpc) is 2.48. The zero-order valence-electron chi connectivity index (χ0n) is 11.3. The van der Waals surface area contributed by atoms with Crippen molar-refractivity contribution in [2.24, 2.45) is 5.73 Å². The quantitative estimate of drug-likeness (QED) is 0.924. The molecular formula is C17H18ClNO. The maximum absolute atomic E-state index is 6.32. The second-order valence-corrected chi connectivity index (χ2v) is 5.58. The summed E-state index contributed by atoms with van der Waals surface area (Å²) in [5.41, 5.74) is 9.94. The van der Waals surface area contributed by atoms with Crippen LogP contribution >= 0.6 is 11.6 Å². The first-order valence-corrected chi connectivity index (χ1v) is 7.33. The van der Waals surface area contributed by atoms with E-state index < -0.39 is 0 Å². The molecule has 0 saturated carbocycles. The first-order valence-electron chi connectivity index (χ1n) is 6.95. The highest BCUT2D eigenvalue weighted by atomic mass is 35.5. The Labute approximate surface area is 124 Å². The molecule has 0 amide bonds. The molecule has 2 nitrogen and oxygen atoms in total. The smallest absolute Gasteiger partial charge is 0.0845 e. The summed E-state index contributed by atoms with van der Waals surface area (Å²) in [7, 11) is 0. The molecule has 2 aromatic carbocycles. The van der Waals surface area contributed by atoms with Crippen molar-refractivity contribution in [3.8, 4) is 0 Å². The Morgan fingerprint density at radius 1 is 1.15 bits per heavy atom. The number of nitrogens with two attached hydrogens (primary N) is 1. The molecule has 0 bridgehead atoms. The van der Waals surface area contributed by atoms with Crippen LogP contribution in [-0.4, -0.2) is 6.61 Å². The highest BCUT2D eigenvalue weighted by Gasteiger charge is 2.23. The summed E-state index contributed by atoms with van der Waals surface area (Å²) in [4.78, 5) is 0. The largest absolute Gasteiger partial charge is 0.373 e. The van der Waals surface area contributed by atoms with Gasteiger partial charge >= 0.3 is 0 Å². The molecule has 104 valence electrons. The van der Waals surface area contributed by atoms with Gasteiger partial charge in [-0.3, -0.25) is 0 Å². The lowest BCUT2D eigenvalue weighted by molar-refractivity contribution is 0.0320. The summed E-state index contributed by atoms with van der Waals surface area (Å²) in [6.45, 7) is 0.761. The highest BCUT2D eigenvalue weighted by Crippen LogP contribution is 2.34. The molecule has 0 aliphatic carbocycles. The van der Waals surface area contributed by atoms with Crippen molar-refractivity contribution in [1.29, 1.82) is 0 Å². The summed E-state index contributed by atoms with van der Waals surface area (Å²) >= 11 is 6.22. The molecule has 3 heteroatoms. The van der Waals surface area contributed by atoms with Crippen molar-refractivity contribution >= 4 is 11.6 Å². The number of rotatable bonds is 3. The normalized spacial score (nSPS) is 19.4. The lowest BCUT2D eigenvalue weighted by atomic mass is 9.92. The Hall–Kier alpha value is -1.35. The molecule has 1 heterocycles. The summed E-state index contributed by atoms with van der Waals surface area (Å²) in [6.07, 6.45) is 1.79. The van der Waals surface area contributed by atoms with Gasteiger partial charge in [-0.25, -0.2) is 0 Å². The lowest BCUT2D eigenvalue weighted by Gasteiger charge is -2.28. The Bertz CT molecular complexity index is 599. The van der Waals surface area contributed by atoms with Gasteiger partial charge in [-0.15, -0.1) is 0 Å². The van der Waals surface area contributed by atoms with Crippen LogP contribution in [-0.2, 0) is 11.2 Å². The van der Waals surface area contributed by atoms with Crippen molar-refractivity contribution in [2.45, 2.75) is 25.0 Å². The molecular weight excluding hydrogens is 270 g/mol. The molecule has 2 atom stereocenters. The molecule has 2 unspecified atom stereocenters. The maximum atomic E-state index is 6.32. The Morgan fingerprint density at radius 3 is 2.75 bits per heavy atom. The molecule has 3 rings (SSSR count). The van der Waals surface area contributed by atoms with Gasteiger partial charge in [0, 0.05) is 11.1 Å². The van der Waals surface area contributed by atoms with Crippen LogP contribution < -0.4 is 5.73 Å². The third-order valence-electron chi connectivity index (χ3n) is 3.87. The second-order valence-electron chi connectivity index (χ2n) is 5.17. The minimum Gasteiger partial charge on any atom is -0.373 e. The van der Waals surface area contributed by atoms with E-state index in [2.05, 4.69) is 24.3 Å². The van der Waals surface area contributed by atoms with Gasteiger partial charge in [0.2, 0.25) is 0 Å². The zero-order valence-corrected chi connectivity index (χ0v) is 12.0. The van der Waals surface area contributed by atoms with E-state index in [1.54, 1.807) is 0 Å². The third kappa shape index (κ3) is 2.73. The predicted molar refractivity (Wildman–Crippen MR) is 81.8 cm³/mol. The number of fused-ring (bicyclic) bond motifs is 1. The SMILES string of the molecule is NC(CC1OCCc2ccccc21)c1ccccc1Cl. The minimum atomic E-state index is -0.111. The van der Waals surface area contributed by atoms with E-state index >= 15 is 0 Å². The molecule has 0 radical (unpaired) electrons. The van der Waals surface area contributed by atoms with Gasteiger partial charge < -0.3 is 10.5 Å². The van der Waals surface area contributed by atoms with Crippen molar-refractivity contribution < 1.29 is 4.74 Å².